The highest BCUT2D eigenvalue weighted by Gasteiger charge is 2.25. The lowest BCUT2D eigenvalue weighted by molar-refractivity contribution is -0.131. The fraction of sp³-hybridized carbons (Fsp3) is 0.216. The van der Waals surface area contributed by atoms with Gasteiger partial charge in [0.25, 0.3) is 0 Å². The Morgan fingerprint density at radius 3 is 1.03 bits per heavy atom. The lowest BCUT2D eigenvalue weighted by atomic mass is 9.78. The summed E-state index contributed by atoms with van der Waals surface area (Å²) in [7, 11) is 1.65. The second-order valence-corrected chi connectivity index (χ2v) is 14.6. The number of ether oxygens (including phenoxy) is 5. The smallest absolute Gasteiger partial charge is 0.497 e. The molecule has 0 N–H and O–H groups in total. The largest absolute Gasteiger partial charge is 0.519 e. The van der Waals surface area contributed by atoms with Crippen LogP contribution in [0.15, 0.2) is 158 Å². The first-order chi connectivity index (χ1) is 28.1. The molecular formula is C51H54O9. The summed E-state index contributed by atoms with van der Waals surface area (Å²) in [5.74, 6) is 2.13. The van der Waals surface area contributed by atoms with Crippen molar-refractivity contribution in [1.29, 1.82) is 0 Å². The normalized spacial score (nSPS) is 10.5. The molecule has 0 radical (unpaired) electrons. The molecular weight excluding hydrogens is 757 g/mol. The van der Waals surface area contributed by atoms with Gasteiger partial charge in [0, 0.05) is 17.8 Å². The van der Waals surface area contributed by atoms with Crippen LogP contribution in [0, 0.1) is 0 Å². The van der Waals surface area contributed by atoms with E-state index in [1.54, 1.807) is 79.9 Å². The molecule has 0 bridgehead atoms. The van der Waals surface area contributed by atoms with E-state index in [2.05, 4.69) is 39.8 Å². The standard InChI is InChI=1S/C39H36O6.C8H8O2.C3H6O.CH4/c1-38(2,28-11-19-32(42-5)20-12-28)30-15-23-34(24-16-30)44-37(41)45-35-25-17-31(18-26-35)39(3,4)29-13-21-33(22-14-29)43-36(40)27-9-7-6-8-10-27;1-7(9)10-8-5-3-2-4-6-8;1-3(2)4;/h6-26H,1-5H3;2-6H,1H3;1-2H3;1H4. The van der Waals surface area contributed by atoms with Crippen molar-refractivity contribution in [2.24, 2.45) is 0 Å². The first-order valence-electron chi connectivity index (χ1n) is 18.9. The number of carbonyl (C=O) groups excluding carboxylic acids is 4. The van der Waals surface area contributed by atoms with E-state index in [0.29, 0.717) is 28.6 Å². The number of methoxy groups -OCH3 is 1. The van der Waals surface area contributed by atoms with Gasteiger partial charge in [-0.05, 0) is 109 Å². The van der Waals surface area contributed by atoms with Gasteiger partial charge in [-0.15, -0.1) is 0 Å². The van der Waals surface area contributed by atoms with Gasteiger partial charge in [0.2, 0.25) is 0 Å². The van der Waals surface area contributed by atoms with Crippen molar-refractivity contribution in [2.45, 2.75) is 66.7 Å². The highest BCUT2D eigenvalue weighted by molar-refractivity contribution is 5.91. The molecule has 0 saturated carbocycles. The number of carbonyl (C=O) groups is 4. The van der Waals surface area contributed by atoms with Gasteiger partial charge in [0.15, 0.2) is 0 Å². The molecule has 0 aliphatic heterocycles. The Bertz CT molecular complexity index is 2260. The van der Waals surface area contributed by atoms with Crippen molar-refractivity contribution < 1.29 is 42.9 Å². The van der Waals surface area contributed by atoms with Gasteiger partial charge in [-0.25, -0.2) is 9.59 Å². The van der Waals surface area contributed by atoms with Crippen molar-refractivity contribution in [3.63, 3.8) is 0 Å². The third-order valence-electron chi connectivity index (χ3n) is 9.17. The summed E-state index contributed by atoms with van der Waals surface area (Å²) in [6.07, 6.45) is -0.815. The molecule has 0 aliphatic carbocycles. The highest BCUT2D eigenvalue weighted by Crippen LogP contribution is 2.35. The Morgan fingerprint density at radius 2 is 0.700 bits per heavy atom. The van der Waals surface area contributed by atoms with Crippen molar-refractivity contribution in [1.82, 2.24) is 0 Å². The number of hydrogen-bond donors (Lipinski definition) is 0. The summed E-state index contributed by atoms with van der Waals surface area (Å²) in [4.78, 5) is 44.8. The lowest BCUT2D eigenvalue weighted by Gasteiger charge is -2.26. The molecule has 0 aromatic heterocycles. The number of benzene rings is 6. The lowest BCUT2D eigenvalue weighted by Crippen LogP contribution is -2.19. The molecule has 9 nitrogen and oxygen atoms in total. The highest BCUT2D eigenvalue weighted by atomic mass is 16.7. The molecule has 6 aromatic carbocycles. The first kappa shape index (κ1) is 47.4. The number of hydrogen-bond acceptors (Lipinski definition) is 9. The summed E-state index contributed by atoms with van der Waals surface area (Å²) < 4.78 is 26.5. The second kappa shape index (κ2) is 22.2. The summed E-state index contributed by atoms with van der Waals surface area (Å²) >= 11 is 0. The SMILES string of the molecule is C.CC(=O)Oc1ccccc1.CC(C)=O.COc1ccc(C(C)(C)c2ccc(OC(=O)Oc3ccc(C(C)(C)c4ccc(OC(=O)c5ccccc5)cc4)cc3)cc2)cc1. The fourth-order valence-electron chi connectivity index (χ4n) is 5.77. The summed E-state index contributed by atoms with van der Waals surface area (Å²) in [5, 5.41) is 0. The third kappa shape index (κ3) is 14.1. The molecule has 0 amide bonds. The molecule has 312 valence electrons. The second-order valence-electron chi connectivity index (χ2n) is 14.6. The quantitative estimate of drug-likeness (QED) is 0.0757. The van der Waals surface area contributed by atoms with Gasteiger partial charge in [-0.3, -0.25) is 4.79 Å². The van der Waals surface area contributed by atoms with Crippen molar-refractivity contribution >= 4 is 23.9 Å². The van der Waals surface area contributed by atoms with E-state index in [9.17, 15) is 19.2 Å². The van der Waals surface area contributed by atoms with Gasteiger partial charge in [-0.2, -0.15) is 0 Å². The van der Waals surface area contributed by atoms with E-state index in [-0.39, 0.29) is 30.0 Å². The Kier molecular flexibility index (Phi) is 17.6. The van der Waals surface area contributed by atoms with E-state index in [1.165, 1.54) is 20.8 Å². The molecule has 0 heterocycles. The monoisotopic (exact) mass is 810 g/mol. The molecule has 60 heavy (non-hydrogen) atoms. The minimum atomic E-state index is -0.815. The Balaban J connectivity index is 0.000000546. The third-order valence-corrected chi connectivity index (χ3v) is 9.17. The molecule has 0 unspecified atom stereocenters. The maximum absolute atomic E-state index is 12.6. The van der Waals surface area contributed by atoms with E-state index in [4.69, 9.17) is 23.7 Å². The van der Waals surface area contributed by atoms with Crippen LogP contribution in [0.1, 0.15) is 88.5 Å². The van der Waals surface area contributed by atoms with E-state index in [1.807, 2.05) is 72.8 Å². The van der Waals surface area contributed by atoms with Gasteiger partial charge < -0.3 is 28.5 Å². The molecule has 9 heteroatoms. The van der Waals surface area contributed by atoms with Crippen molar-refractivity contribution in [3.8, 4) is 28.7 Å². The molecule has 0 saturated heterocycles. The van der Waals surface area contributed by atoms with Crippen LogP contribution in [-0.2, 0) is 20.4 Å². The first-order valence-corrected chi connectivity index (χ1v) is 18.9. The minimum absolute atomic E-state index is 0. The predicted octanol–water partition coefficient (Wildman–Crippen LogP) is 12.0. The number of para-hydroxylation sites is 1. The van der Waals surface area contributed by atoms with E-state index < -0.39 is 12.1 Å². The van der Waals surface area contributed by atoms with Gasteiger partial charge in [-0.1, -0.05) is 120 Å². The Morgan fingerprint density at radius 1 is 0.400 bits per heavy atom. The maximum atomic E-state index is 12.6. The maximum Gasteiger partial charge on any atom is 0.519 e. The summed E-state index contributed by atoms with van der Waals surface area (Å²) in [5.41, 5.74) is 4.16. The Hall–Kier alpha value is -7.00. The van der Waals surface area contributed by atoms with Crippen LogP contribution in [0.2, 0.25) is 0 Å². The number of rotatable bonds is 10. The Labute approximate surface area is 353 Å². The average Bonchev–Trinajstić information content (AvgIpc) is 3.22. The fourth-order valence-corrected chi connectivity index (χ4v) is 5.77. The molecule has 0 aliphatic rings. The summed E-state index contributed by atoms with van der Waals surface area (Å²) in [6.45, 7) is 12.9. The zero-order valence-electron chi connectivity index (χ0n) is 34.7. The molecule has 6 rings (SSSR count). The van der Waals surface area contributed by atoms with Crippen LogP contribution in [0.5, 0.6) is 28.7 Å². The molecule has 0 atom stereocenters. The molecule has 0 spiro atoms. The van der Waals surface area contributed by atoms with Gasteiger partial charge >= 0.3 is 18.1 Å². The van der Waals surface area contributed by atoms with Gasteiger partial charge in [0.1, 0.15) is 34.5 Å². The van der Waals surface area contributed by atoms with Crippen molar-refractivity contribution in [3.05, 3.63) is 186 Å². The summed E-state index contributed by atoms with van der Waals surface area (Å²) in [6, 6.07) is 48.1. The van der Waals surface area contributed by atoms with Crippen LogP contribution >= 0.6 is 0 Å². The minimum Gasteiger partial charge on any atom is -0.497 e. The van der Waals surface area contributed by atoms with E-state index in [0.717, 1.165) is 28.0 Å². The van der Waals surface area contributed by atoms with Crippen molar-refractivity contribution in [2.75, 3.05) is 7.11 Å². The van der Waals surface area contributed by atoms with Crippen LogP contribution < -0.4 is 23.7 Å². The molecule has 0 fully saturated rings. The zero-order chi connectivity index (χ0) is 43.0. The van der Waals surface area contributed by atoms with Crippen LogP contribution in [-0.4, -0.2) is 31.0 Å². The van der Waals surface area contributed by atoms with Crippen LogP contribution in [0.4, 0.5) is 4.79 Å². The van der Waals surface area contributed by atoms with Gasteiger partial charge in [0.05, 0.1) is 12.7 Å². The topological polar surface area (TPSA) is 114 Å². The average molecular weight is 811 g/mol. The van der Waals surface area contributed by atoms with E-state index >= 15 is 0 Å². The number of esters is 2. The van der Waals surface area contributed by atoms with Crippen LogP contribution in [0.3, 0.4) is 0 Å². The zero-order valence-corrected chi connectivity index (χ0v) is 34.7. The number of Topliss-reactive ketones (excluding diaryl/α,β-unsaturated/α-hetero) is 1. The molecule has 6 aromatic rings. The predicted molar refractivity (Wildman–Crippen MR) is 235 cm³/mol. The number of ketones is 1. The van der Waals surface area contributed by atoms with Crippen LogP contribution in [0.25, 0.3) is 0 Å².